The topological polar surface area (TPSA) is 40.9 Å². The van der Waals surface area contributed by atoms with Crippen molar-refractivity contribution < 1.29 is 4.79 Å². The second-order valence-corrected chi connectivity index (χ2v) is 9.17. The molecule has 0 spiro atoms. The van der Waals surface area contributed by atoms with E-state index in [1.165, 1.54) is 50.5 Å². The number of nitrogens with zero attached hydrogens (tertiary/aromatic N) is 1. The molecule has 0 saturated heterocycles. The van der Waals surface area contributed by atoms with Gasteiger partial charge in [-0.1, -0.05) is 32.3 Å². The van der Waals surface area contributed by atoms with E-state index in [9.17, 15) is 4.79 Å². The first kappa shape index (κ1) is 15.4. The molecule has 23 heavy (non-hydrogen) atoms. The summed E-state index contributed by atoms with van der Waals surface area (Å²) >= 11 is 0. The van der Waals surface area contributed by atoms with E-state index in [0.29, 0.717) is 30.0 Å². The molecule has 4 aliphatic carbocycles. The molecule has 0 bridgehead atoms. The number of carbonyl (C=O) groups excluding carboxylic acids is 1. The number of Topliss-reactive ketones (excluding diaryl/α,β-unsaturated/α-hetero) is 1. The fourth-order valence-corrected chi connectivity index (χ4v) is 7.27. The molecule has 4 fully saturated rings. The van der Waals surface area contributed by atoms with Crippen molar-refractivity contribution in [3.8, 4) is 6.07 Å². The molecule has 0 aromatic heterocycles. The number of carbonyl (C=O) groups is 1. The minimum atomic E-state index is -0.0220. The van der Waals surface area contributed by atoms with Gasteiger partial charge in [-0.2, -0.15) is 5.26 Å². The number of hydrogen-bond acceptors (Lipinski definition) is 2. The Kier molecular flexibility index (Phi) is 3.49. The highest BCUT2D eigenvalue weighted by molar-refractivity contribution is 5.85. The highest BCUT2D eigenvalue weighted by Crippen LogP contribution is 2.66. The van der Waals surface area contributed by atoms with E-state index >= 15 is 0 Å². The third-order valence-corrected chi connectivity index (χ3v) is 8.36. The van der Waals surface area contributed by atoms with Crippen molar-refractivity contribution in [2.24, 2.45) is 34.5 Å². The first-order valence-corrected chi connectivity index (χ1v) is 9.62. The lowest BCUT2D eigenvalue weighted by molar-refractivity contribution is -0.153. The molecule has 0 amide bonds. The summed E-state index contributed by atoms with van der Waals surface area (Å²) < 4.78 is 0. The first-order valence-electron chi connectivity index (χ1n) is 9.62. The first-order chi connectivity index (χ1) is 11.0. The maximum Gasteiger partial charge on any atom is 0.137 e. The molecule has 4 aliphatic rings. The van der Waals surface area contributed by atoms with Crippen LogP contribution in [0.1, 0.15) is 71.6 Å². The lowest BCUT2D eigenvalue weighted by atomic mass is 9.45. The van der Waals surface area contributed by atoms with Crippen molar-refractivity contribution in [2.75, 3.05) is 0 Å². The lowest BCUT2D eigenvalue weighted by Crippen LogP contribution is -2.56. The van der Waals surface area contributed by atoms with E-state index in [1.54, 1.807) is 6.08 Å². The van der Waals surface area contributed by atoms with Crippen LogP contribution in [0.4, 0.5) is 0 Å². The maximum absolute atomic E-state index is 13.3. The molecule has 2 nitrogen and oxygen atoms in total. The number of hydrogen-bond donors (Lipinski definition) is 0. The van der Waals surface area contributed by atoms with Crippen LogP contribution < -0.4 is 0 Å². The summed E-state index contributed by atoms with van der Waals surface area (Å²) in [5.41, 5.74) is 1.50. The van der Waals surface area contributed by atoms with Crippen LogP contribution >= 0.6 is 0 Å². The van der Waals surface area contributed by atoms with Crippen LogP contribution in [0.3, 0.4) is 0 Å². The predicted molar refractivity (Wildman–Crippen MR) is 90.4 cm³/mol. The van der Waals surface area contributed by atoms with Crippen LogP contribution in [0.2, 0.25) is 0 Å². The Morgan fingerprint density at radius 2 is 2.00 bits per heavy atom. The minimum absolute atomic E-state index is 0.0220. The zero-order valence-corrected chi connectivity index (χ0v) is 14.6. The standard InChI is InChI=1S/C21H29NO/c1-20-11-4-3-5-14(20)6-8-16-17-9-7-15(10-12-22)21(17,2)13-18(23)19(16)20/h10,14,16-17,19H,3-9,11,13H2,1-2H3/b15-10+/t14?,16-,17?,19?,20-,21+/m0/s1. The van der Waals surface area contributed by atoms with E-state index in [1.807, 2.05) is 0 Å². The van der Waals surface area contributed by atoms with E-state index in [2.05, 4.69) is 19.9 Å². The fraction of sp³-hybridized carbons (Fsp3) is 0.810. The van der Waals surface area contributed by atoms with Gasteiger partial charge in [-0.3, -0.25) is 4.79 Å². The largest absolute Gasteiger partial charge is 0.299 e. The molecule has 0 aromatic carbocycles. The summed E-state index contributed by atoms with van der Waals surface area (Å²) in [5.74, 6) is 2.81. The van der Waals surface area contributed by atoms with E-state index in [0.717, 1.165) is 12.3 Å². The third-order valence-electron chi connectivity index (χ3n) is 8.36. The average Bonchev–Trinajstić information content (AvgIpc) is 2.83. The average molecular weight is 311 g/mol. The summed E-state index contributed by atoms with van der Waals surface area (Å²) in [4.78, 5) is 13.3. The van der Waals surface area contributed by atoms with Gasteiger partial charge in [-0.05, 0) is 67.1 Å². The second kappa shape index (κ2) is 5.20. The molecular weight excluding hydrogens is 282 g/mol. The van der Waals surface area contributed by atoms with Crippen LogP contribution in [0.15, 0.2) is 11.6 Å². The zero-order valence-electron chi connectivity index (χ0n) is 14.6. The minimum Gasteiger partial charge on any atom is -0.299 e. The number of fused-ring (bicyclic) bond motifs is 5. The van der Waals surface area contributed by atoms with Crippen LogP contribution in [0.5, 0.6) is 0 Å². The quantitative estimate of drug-likeness (QED) is 0.587. The van der Waals surface area contributed by atoms with Crippen molar-refractivity contribution >= 4 is 5.78 Å². The second-order valence-electron chi connectivity index (χ2n) is 9.17. The van der Waals surface area contributed by atoms with Gasteiger partial charge < -0.3 is 0 Å². The van der Waals surface area contributed by atoms with Gasteiger partial charge in [0.2, 0.25) is 0 Å². The molecule has 124 valence electrons. The Morgan fingerprint density at radius 3 is 2.78 bits per heavy atom. The molecule has 4 rings (SSSR count). The Bertz CT molecular complexity index is 599. The Balaban J connectivity index is 1.72. The van der Waals surface area contributed by atoms with E-state index in [-0.39, 0.29) is 10.8 Å². The van der Waals surface area contributed by atoms with Crippen LogP contribution in [0.25, 0.3) is 0 Å². The molecule has 0 aliphatic heterocycles. The van der Waals surface area contributed by atoms with E-state index < -0.39 is 0 Å². The molecular formula is C21H29NO. The van der Waals surface area contributed by atoms with Gasteiger partial charge >= 0.3 is 0 Å². The van der Waals surface area contributed by atoms with Gasteiger partial charge in [0.15, 0.2) is 0 Å². The monoisotopic (exact) mass is 311 g/mol. The van der Waals surface area contributed by atoms with Gasteiger partial charge in [0.1, 0.15) is 5.78 Å². The van der Waals surface area contributed by atoms with Crippen LogP contribution in [-0.4, -0.2) is 5.78 Å². The lowest BCUT2D eigenvalue weighted by Gasteiger charge is -2.59. The predicted octanol–water partition coefficient (Wildman–Crippen LogP) is 5.05. The van der Waals surface area contributed by atoms with Crippen LogP contribution in [-0.2, 0) is 4.79 Å². The number of rotatable bonds is 0. The van der Waals surface area contributed by atoms with Crippen LogP contribution in [0, 0.1) is 45.8 Å². The van der Waals surface area contributed by atoms with Gasteiger partial charge in [-0.25, -0.2) is 0 Å². The number of nitriles is 1. The Morgan fingerprint density at radius 1 is 1.17 bits per heavy atom. The summed E-state index contributed by atoms with van der Waals surface area (Å²) in [7, 11) is 0. The van der Waals surface area contributed by atoms with Gasteiger partial charge in [0.25, 0.3) is 0 Å². The number of ketones is 1. The molecule has 0 heterocycles. The molecule has 0 radical (unpaired) electrons. The van der Waals surface area contributed by atoms with Crippen molar-refractivity contribution in [2.45, 2.75) is 71.6 Å². The summed E-state index contributed by atoms with van der Waals surface area (Å²) in [6, 6.07) is 2.23. The van der Waals surface area contributed by atoms with Gasteiger partial charge in [-0.15, -0.1) is 0 Å². The molecule has 4 saturated carbocycles. The SMILES string of the molecule is C[C@]12CCCCC1CC[C@@H]1C2C(=O)C[C@]2(C)/C(=C/C#N)CCC12. The molecule has 2 heteroatoms. The van der Waals surface area contributed by atoms with Crippen molar-refractivity contribution in [1.29, 1.82) is 5.26 Å². The molecule has 3 unspecified atom stereocenters. The van der Waals surface area contributed by atoms with Crippen molar-refractivity contribution in [3.05, 3.63) is 11.6 Å². The van der Waals surface area contributed by atoms with Crippen molar-refractivity contribution in [1.82, 2.24) is 0 Å². The highest BCUT2D eigenvalue weighted by atomic mass is 16.1. The zero-order chi connectivity index (χ0) is 16.2. The van der Waals surface area contributed by atoms with Crippen molar-refractivity contribution in [3.63, 3.8) is 0 Å². The molecule has 0 aromatic rings. The summed E-state index contributed by atoms with van der Waals surface area (Å²) in [6.07, 6.45) is 12.5. The third kappa shape index (κ3) is 2.01. The molecule has 6 atom stereocenters. The summed E-state index contributed by atoms with van der Waals surface area (Å²) in [5, 5.41) is 9.11. The number of allylic oxidation sites excluding steroid dienone is 2. The Labute approximate surface area is 140 Å². The van der Waals surface area contributed by atoms with Gasteiger partial charge in [0.05, 0.1) is 6.07 Å². The Hall–Kier alpha value is -1.10. The summed E-state index contributed by atoms with van der Waals surface area (Å²) in [6.45, 7) is 4.71. The normalized spacial score (nSPS) is 50.8. The fourth-order valence-electron chi connectivity index (χ4n) is 7.27. The molecule has 0 N–H and O–H groups in total. The van der Waals surface area contributed by atoms with E-state index in [4.69, 9.17) is 5.26 Å². The maximum atomic E-state index is 13.3. The smallest absolute Gasteiger partial charge is 0.137 e. The van der Waals surface area contributed by atoms with Gasteiger partial charge in [0, 0.05) is 18.4 Å². The highest BCUT2D eigenvalue weighted by Gasteiger charge is 2.61.